The molecule has 0 N–H and O–H groups in total. The number of benzene rings is 1. The monoisotopic (exact) mass is 351 g/mol. The second-order valence-electron chi connectivity index (χ2n) is 6.76. The van der Waals surface area contributed by atoms with Crippen LogP contribution in [0.15, 0.2) is 42.7 Å². The molecule has 2 heterocycles. The number of amides is 1. The smallest absolute Gasteiger partial charge is 0.291 e. The zero-order chi connectivity index (χ0) is 18.5. The van der Waals surface area contributed by atoms with Gasteiger partial charge in [-0.2, -0.15) is 0 Å². The van der Waals surface area contributed by atoms with E-state index in [4.69, 9.17) is 0 Å². The minimum absolute atomic E-state index is 0.121. The molecule has 1 saturated heterocycles. The first-order valence-corrected chi connectivity index (χ1v) is 9.33. The van der Waals surface area contributed by atoms with Crippen molar-refractivity contribution < 1.29 is 9.59 Å². The predicted molar refractivity (Wildman–Crippen MR) is 99.7 cm³/mol. The summed E-state index contributed by atoms with van der Waals surface area (Å²) in [6.07, 6.45) is 4.88. The van der Waals surface area contributed by atoms with Crippen LogP contribution in [-0.2, 0) is 22.4 Å². The van der Waals surface area contributed by atoms with Gasteiger partial charge in [-0.05, 0) is 37.3 Å². The van der Waals surface area contributed by atoms with E-state index in [2.05, 4.69) is 22.1 Å². The Balaban J connectivity index is 1.73. The molecule has 1 atom stereocenters. The Kier molecular flexibility index (Phi) is 5.76. The average molecular weight is 351 g/mol. The van der Waals surface area contributed by atoms with Crippen LogP contribution < -0.4 is 0 Å². The molecular formula is C21H25N3O2. The molecule has 0 saturated carbocycles. The van der Waals surface area contributed by atoms with E-state index < -0.39 is 5.92 Å². The summed E-state index contributed by atoms with van der Waals surface area (Å²) in [5.41, 5.74) is 2.81. The second-order valence-corrected chi connectivity index (χ2v) is 6.76. The number of nitrogens with zero attached hydrogens (tertiary/aromatic N) is 3. The first-order chi connectivity index (χ1) is 12.6. The van der Waals surface area contributed by atoms with Crippen LogP contribution in [0.4, 0.5) is 0 Å². The molecule has 5 heteroatoms. The summed E-state index contributed by atoms with van der Waals surface area (Å²) in [6, 6.07) is 12.2. The van der Waals surface area contributed by atoms with Gasteiger partial charge in [-0.25, -0.2) is 9.97 Å². The van der Waals surface area contributed by atoms with E-state index in [1.807, 2.05) is 38.1 Å². The lowest BCUT2D eigenvalue weighted by atomic mass is 10.0. The maximum absolute atomic E-state index is 12.5. The van der Waals surface area contributed by atoms with E-state index in [-0.39, 0.29) is 17.7 Å². The molecule has 1 fully saturated rings. The van der Waals surface area contributed by atoms with Gasteiger partial charge < -0.3 is 4.90 Å². The zero-order valence-corrected chi connectivity index (χ0v) is 15.4. The quantitative estimate of drug-likeness (QED) is 0.720. The Bertz CT molecular complexity index is 772. The molecule has 0 aliphatic carbocycles. The lowest BCUT2D eigenvalue weighted by molar-refractivity contribution is -0.141. The molecule has 1 aliphatic heterocycles. The summed E-state index contributed by atoms with van der Waals surface area (Å²) in [5.74, 6) is -1.18. The highest BCUT2D eigenvalue weighted by Crippen LogP contribution is 2.27. The third-order valence-corrected chi connectivity index (χ3v) is 5.17. The van der Waals surface area contributed by atoms with Crippen LogP contribution in [0.2, 0.25) is 0 Å². The van der Waals surface area contributed by atoms with Gasteiger partial charge in [0.2, 0.25) is 5.78 Å². The fraction of sp³-hybridized carbons (Fsp3) is 0.429. The van der Waals surface area contributed by atoms with E-state index in [9.17, 15) is 9.59 Å². The normalized spacial score (nSPS) is 17.3. The first-order valence-electron chi connectivity index (χ1n) is 9.33. The van der Waals surface area contributed by atoms with Crippen molar-refractivity contribution in [2.45, 2.75) is 51.5 Å². The van der Waals surface area contributed by atoms with Crippen LogP contribution >= 0.6 is 0 Å². The summed E-state index contributed by atoms with van der Waals surface area (Å²) in [7, 11) is 0. The van der Waals surface area contributed by atoms with E-state index in [1.54, 1.807) is 4.90 Å². The molecule has 1 aromatic heterocycles. The summed E-state index contributed by atoms with van der Waals surface area (Å²) < 4.78 is 0. The minimum atomic E-state index is -0.471. The zero-order valence-electron chi connectivity index (χ0n) is 15.4. The largest absolute Gasteiger partial charge is 0.332 e. The fourth-order valence-electron chi connectivity index (χ4n) is 3.58. The van der Waals surface area contributed by atoms with E-state index >= 15 is 0 Å². The Morgan fingerprint density at radius 1 is 1.08 bits per heavy atom. The number of carbonyl (C=O) groups is 2. The second kappa shape index (κ2) is 8.21. The van der Waals surface area contributed by atoms with Crippen LogP contribution in [0.25, 0.3) is 0 Å². The highest BCUT2D eigenvalue weighted by molar-refractivity contribution is 6.40. The van der Waals surface area contributed by atoms with E-state index in [0.29, 0.717) is 12.2 Å². The van der Waals surface area contributed by atoms with Gasteiger partial charge in [-0.15, -0.1) is 0 Å². The van der Waals surface area contributed by atoms with Gasteiger partial charge in [0, 0.05) is 18.3 Å². The van der Waals surface area contributed by atoms with Crippen molar-refractivity contribution in [2.75, 3.05) is 6.54 Å². The average Bonchev–Trinajstić information content (AvgIpc) is 2.98. The van der Waals surface area contributed by atoms with Gasteiger partial charge in [-0.3, -0.25) is 9.59 Å². The minimum Gasteiger partial charge on any atom is -0.332 e. The standard InChI is InChI=1S/C21H25N3O2/c1-3-17(4-2)24-13-18(20(25)21(24)26)19-12-16(22-14-23-19)11-10-15-8-6-5-7-9-15/h5-9,12,14,17-18H,3-4,10-11,13H2,1-2H3. The number of rotatable bonds is 7. The lowest BCUT2D eigenvalue weighted by Crippen LogP contribution is -2.36. The SMILES string of the molecule is CCC(CC)N1CC(c2cc(CCc3ccccc3)ncn2)C(=O)C1=O. The summed E-state index contributed by atoms with van der Waals surface area (Å²) in [5, 5.41) is 0. The number of carbonyl (C=O) groups excluding carboxylic acids is 2. The summed E-state index contributed by atoms with van der Waals surface area (Å²) in [4.78, 5) is 35.2. The molecule has 1 unspecified atom stereocenters. The van der Waals surface area contributed by atoms with E-state index in [1.165, 1.54) is 11.9 Å². The third-order valence-electron chi connectivity index (χ3n) is 5.17. The Labute approximate surface area is 154 Å². The topological polar surface area (TPSA) is 63.2 Å². The third kappa shape index (κ3) is 3.82. The molecule has 0 bridgehead atoms. The van der Waals surface area contributed by atoms with Crippen LogP contribution in [-0.4, -0.2) is 39.1 Å². The number of aromatic nitrogens is 2. The first kappa shape index (κ1) is 18.2. The number of aryl methyl sites for hydroxylation is 2. The van der Waals surface area contributed by atoms with Gasteiger partial charge in [0.25, 0.3) is 5.91 Å². The van der Waals surface area contributed by atoms with E-state index in [0.717, 1.165) is 31.4 Å². The van der Waals surface area contributed by atoms with Crippen molar-refractivity contribution in [3.63, 3.8) is 0 Å². The Morgan fingerprint density at radius 2 is 1.81 bits per heavy atom. The van der Waals surface area contributed by atoms with Crippen LogP contribution in [0.1, 0.15) is 49.6 Å². The molecule has 5 nitrogen and oxygen atoms in total. The number of hydrogen-bond acceptors (Lipinski definition) is 4. The molecule has 136 valence electrons. The fourth-order valence-corrected chi connectivity index (χ4v) is 3.58. The highest BCUT2D eigenvalue weighted by atomic mass is 16.2. The van der Waals surface area contributed by atoms with Crippen molar-refractivity contribution in [3.05, 3.63) is 59.7 Å². The molecule has 2 aromatic rings. The van der Waals surface area contributed by atoms with Crippen LogP contribution in [0.3, 0.4) is 0 Å². The number of hydrogen-bond donors (Lipinski definition) is 0. The van der Waals surface area contributed by atoms with Gasteiger partial charge >= 0.3 is 0 Å². The van der Waals surface area contributed by atoms with Crippen molar-refractivity contribution in [2.24, 2.45) is 0 Å². The van der Waals surface area contributed by atoms with Gasteiger partial charge in [0.1, 0.15) is 6.33 Å². The summed E-state index contributed by atoms with van der Waals surface area (Å²) in [6.45, 7) is 4.52. The molecule has 1 aliphatic rings. The molecule has 0 radical (unpaired) electrons. The molecule has 26 heavy (non-hydrogen) atoms. The van der Waals surface area contributed by atoms with Gasteiger partial charge in [0.05, 0.1) is 11.6 Å². The molecule has 1 amide bonds. The highest BCUT2D eigenvalue weighted by Gasteiger charge is 2.42. The maximum Gasteiger partial charge on any atom is 0.291 e. The van der Waals surface area contributed by atoms with Crippen LogP contribution in [0, 0.1) is 0 Å². The van der Waals surface area contributed by atoms with Crippen LogP contribution in [0.5, 0.6) is 0 Å². The van der Waals surface area contributed by atoms with Crippen molar-refractivity contribution >= 4 is 11.7 Å². The molecular weight excluding hydrogens is 326 g/mol. The Morgan fingerprint density at radius 3 is 2.50 bits per heavy atom. The molecule has 3 rings (SSSR count). The number of likely N-dealkylation sites (tertiary alicyclic amines) is 1. The van der Waals surface area contributed by atoms with Crippen molar-refractivity contribution in [3.8, 4) is 0 Å². The van der Waals surface area contributed by atoms with Gasteiger partial charge in [0.15, 0.2) is 0 Å². The molecule has 1 aromatic carbocycles. The number of Topliss-reactive ketones (excluding diaryl/α,β-unsaturated/α-hetero) is 1. The Hall–Kier alpha value is -2.56. The maximum atomic E-state index is 12.5. The summed E-state index contributed by atoms with van der Waals surface area (Å²) >= 11 is 0. The lowest BCUT2D eigenvalue weighted by Gasteiger charge is -2.25. The van der Waals surface area contributed by atoms with Crippen molar-refractivity contribution in [1.29, 1.82) is 0 Å². The van der Waals surface area contributed by atoms with Crippen molar-refractivity contribution in [1.82, 2.24) is 14.9 Å². The molecule has 0 spiro atoms. The predicted octanol–water partition coefficient (Wildman–Crippen LogP) is 2.95. The number of ketones is 1. The van der Waals surface area contributed by atoms with Gasteiger partial charge in [-0.1, -0.05) is 44.2 Å².